The number of alkyl halides is 3. The fourth-order valence-electron chi connectivity index (χ4n) is 1.14. The Labute approximate surface area is 94.9 Å². The maximum Gasteiger partial charge on any atom is 0.417 e. The van der Waals surface area contributed by atoms with Crippen LogP contribution >= 0.6 is 0 Å². The molecule has 0 aliphatic rings. The third-order valence-corrected chi connectivity index (χ3v) is 2.01. The van der Waals surface area contributed by atoms with Crippen LogP contribution in [0, 0.1) is 0 Å². The zero-order valence-electron chi connectivity index (χ0n) is 9.93. The summed E-state index contributed by atoms with van der Waals surface area (Å²) in [5, 5.41) is 0. The molecule has 0 aromatic carbocycles. The first kappa shape index (κ1) is 14.8. The quantitative estimate of drug-likeness (QED) is 0.514. The van der Waals surface area contributed by atoms with Crippen molar-refractivity contribution in [1.82, 2.24) is 4.90 Å². The SMILES string of the molecule is C=C(CC)CN(C)/C=C(\C=C/C)C(F)(F)F. The molecule has 0 atom stereocenters. The van der Waals surface area contributed by atoms with Crippen molar-refractivity contribution >= 4 is 0 Å². The third kappa shape index (κ3) is 5.63. The van der Waals surface area contributed by atoms with Crippen LogP contribution in [-0.2, 0) is 0 Å². The van der Waals surface area contributed by atoms with Gasteiger partial charge in [0.05, 0.1) is 5.57 Å². The second-order valence-corrected chi connectivity index (χ2v) is 3.60. The zero-order chi connectivity index (χ0) is 12.8. The summed E-state index contributed by atoms with van der Waals surface area (Å²) < 4.78 is 37.6. The molecule has 0 rings (SSSR count). The number of halogens is 3. The summed E-state index contributed by atoms with van der Waals surface area (Å²) in [7, 11) is 1.61. The van der Waals surface area contributed by atoms with Crippen molar-refractivity contribution in [2.75, 3.05) is 13.6 Å². The maximum atomic E-state index is 12.5. The Morgan fingerprint density at radius 3 is 2.31 bits per heavy atom. The molecular formula is C12H18F3N. The Morgan fingerprint density at radius 1 is 1.38 bits per heavy atom. The molecule has 0 aromatic heterocycles. The lowest BCUT2D eigenvalue weighted by atomic mass is 10.2. The molecular weight excluding hydrogens is 215 g/mol. The Hall–Kier alpha value is -1.19. The van der Waals surface area contributed by atoms with Gasteiger partial charge in [-0.05, 0) is 13.3 Å². The first-order valence-electron chi connectivity index (χ1n) is 5.09. The minimum absolute atomic E-state index is 0.438. The molecule has 4 heteroatoms. The highest BCUT2D eigenvalue weighted by Gasteiger charge is 2.31. The van der Waals surface area contributed by atoms with Gasteiger partial charge >= 0.3 is 6.18 Å². The van der Waals surface area contributed by atoms with E-state index in [9.17, 15) is 13.2 Å². The molecule has 0 spiro atoms. The number of rotatable bonds is 5. The zero-order valence-corrected chi connectivity index (χ0v) is 9.93. The van der Waals surface area contributed by atoms with Crippen LogP contribution < -0.4 is 0 Å². The van der Waals surface area contributed by atoms with Crippen molar-refractivity contribution in [3.8, 4) is 0 Å². The summed E-state index contributed by atoms with van der Waals surface area (Å²) in [6.45, 7) is 7.68. The molecule has 1 nitrogen and oxygen atoms in total. The number of nitrogens with zero attached hydrogens (tertiary/aromatic N) is 1. The van der Waals surface area contributed by atoms with Gasteiger partial charge in [0, 0.05) is 19.8 Å². The minimum atomic E-state index is -4.31. The fraction of sp³-hybridized carbons (Fsp3) is 0.500. The molecule has 0 fully saturated rings. The summed E-state index contributed by atoms with van der Waals surface area (Å²) in [6.07, 6.45) is -0.00861. The smallest absolute Gasteiger partial charge is 0.376 e. The molecule has 0 unspecified atom stereocenters. The van der Waals surface area contributed by atoms with Gasteiger partial charge in [-0.25, -0.2) is 0 Å². The van der Waals surface area contributed by atoms with Crippen molar-refractivity contribution in [3.63, 3.8) is 0 Å². The van der Waals surface area contributed by atoms with Gasteiger partial charge in [0.15, 0.2) is 0 Å². The molecule has 0 amide bonds. The van der Waals surface area contributed by atoms with E-state index < -0.39 is 11.7 Å². The number of hydrogen-bond acceptors (Lipinski definition) is 1. The van der Waals surface area contributed by atoms with E-state index in [2.05, 4.69) is 6.58 Å². The van der Waals surface area contributed by atoms with E-state index in [-0.39, 0.29) is 0 Å². The third-order valence-electron chi connectivity index (χ3n) is 2.01. The van der Waals surface area contributed by atoms with Crippen LogP contribution in [0.5, 0.6) is 0 Å². The van der Waals surface area contributed by atoms with Crippen LogP contribution in [0.2, 0.25) is 0 Å². The van der Waals surface area contributed by atoms with Gasteiger partial charge in [-0.2, -0.15) is 13.2 Å². The van der Waals surface area contributed by atoms with Gasteiger partial charge in [-0.1, -0.05) is 31.2 Å². The highest BCUT2D eigenvalue weighted by atomic mass is 19.4. The van der Waals surface area contributed by atoms with E-state index in [1.807, 2.05) is 6.92 Å². The number of hydrogen-bond donors (Lipinski definition) is 0. The molecule has 0 N–H and O–H groups in total. The van der Waals surface area contributed by atoms with Gasteiger partial charge in [0.2, 0.25) is 0 Å². The van der Waals surface area contributed by atoms with Crippen molar-refractivity contribution in [2.24, 2.45) is 0 Å². The molecule has 0 radical (unpaired) electrons. The van der Waals surface area contributed by atoms with Gasteiger partial charge in [0.1, 0.15) is 0 Å². The Morgan fingerprint density at radius 2 is 1.94 bits per heavy atom. The molecule has 16 heavy (non-hydrogen) atoms. The van der Waals surface area contributed by atoms with Gasteiger partial charge in [-0.15, -0.1) is 0 Å². The van der Waals surface area contributed by atoms with Crippen molar-refractivity contribution in [2.45, 2.75) is 26.4 Å². The first-order valence-corrected chi connectivity index (χ1v) is 5.09. The molecule has 0 aliphatic heterocycles. The topological polar surface area (TPSA) is 3.24 Å². The predicted molar refractivity (Wildman–Crippen MR) is 61.0 cm³/mol. The van der Waals surface area contributed by atoms with Crippen LogP contribution in [-0.4, -0.2) is 24.7 Å². The highest BCUT2D eigenvalue weighted by molar-refractivity contribution is 5.23. The molecule has 0 aromatic rings. The van der Waals surface area contributed by atoms with Gasteiger partial charge in [0.25, 0.3) is 0 Å². The Balaban J connectivity index is 4.73. The standard InChI is InChI=1S/C12H18F3N/c1-5-7-11(12(13,14)15)9-16(4)8-10(3)6-2/h5,7,9H,3,6,8H2,1-2,4H3/b7-5-,11-9+. The van der Waals surface area contributed by atoms with E-state index in [0.29, 0.717) is 6.54 Å². The normalized spacial score (nSPS) is 13.2. The van der Waals surface area contributed by atoms with E-state index in [1.165, 1.54) is 11.0 Å². The second kappa shape index (κ2) is 6.40. The van der Waals surface area contributed by atoms with Crippen LogP contribution in [0.4, 0.5) is 13.2 Å². The monoisotopic (exact) mass is 233 g/mol. The Bertz CT molecular complexity index is 287. The summed E-state index contributed by atoms with van der Waals surface area (Å²) in [5.74, 6) is 0. The second-order valence-electron chi connectivity index (χ2n) is 3.60. The first-order chi connectivity index (χ1) is 7.31. The lowest BCUT2D eigenvalue weighted by Gasteiger charge is -2.18. The summed E-state index contributed by atoms with van der Waals surface area (Å²) in [5.41, 5.74) is 0.252. The van der Waals surface area contributed by atoms with Crippen LogP contribution in [0.1, 0.15) is 20.3 Å². The molecule has 0 saturated carbocycles. The van der Waals surface area contributed by atoms with Crippen molar-refractivity contribution in [1.29, 1.82) is 0 Å². The lowest BCUT2D eigenvalue weighted by Crippen LogP contribution is -2.19. The summed E-state index contributed by atoms with van der Waals surface area (Å²) in [4.78, 5) is 1.49. The van der Waals surface area contributed by atoms with E-state index >= 15 is 0 Å². The molecule has 0 saturated heterocycles. The average molecular weight is 233 g/mol. The minimum Gasteiger partial charge on any atom is -0.376 e. The fourth-order valence-corrected chi connectivity index (χ4v) is 1.14. The molecule has 0 heterocycles. The van der Waals surface area contributed by atoms with E-state index in [1.54, 1.807) is 14.0 Å². The molecule has 0 bridgehead atoms. The Kier molecular flexibility index (Phi) is 5.93. The predicted octanol–water partition coefficient (Wildman–Crippen LogP) is 3.91. The van der Waals surface area contributed by atoms with Gasteiger partial charge < -0.3 is 4.90 Å². The van der Waals surface area contributed by atoms with Crippen molar-refractivity contribution in [3.05, 3.63) is 36.1 Å². The van der Waals surface area contributed by atoms with Crippen LogP contribution in [0.15, 0.2) is 36.1 Å². The lowest BCUT2D eigenvalue weighted by molar-refractivity contribution is -0.0891. The van der Waals surface area contributed by atoms with E-state index in [4.69, 9.17) is 0 Å². The van der Waals surface area contributed by atoms with Crippen LogP contribution in [0.25, 0.3) is 0 Å². The van der Waals surface area contributed by atoms with Crippen LogP contribution in [0.3, 0.4) is 0 Å². The van der Waals surface area contributed by atoms with Crippen molar-refractivity contribution < 1.29 is 13.2 Å². The largest absolute Gasteiger partial charge is 0.417 e. The molecule has 92 valence electrons. The average Bonchev–Trinajstić information content (AvgIpc) is 2.15. The van der Waals surface area contributed by atoms with E-state index in [0.717, 1.165) is 24.3 Å². The summed E-state index contributed by atoms with van der Waals surface area (Å²) in [6, 6.07) is 0. The number of allylic oxidation sites excluding steroid dienone is 3. The summed E-state index contributed by atoms with van der Waals surface area (Å²) >= 11 is 0. The molecule has 0 aliphatic carbocycles. The maximum absolute atomic E-state index is 12.5. The highest BCUT2D eigenvalue weighted by Crippen LogP contribution is 2.26. The number of likely N-dealkylation sites (N-methyl/N-ethyl adjacent to an activating group) is 1. The van der Waals surface area contributed by atoms with Gasteiger partial charge in [-0.3, -0.25) is 0 Å².